The number of halogens is 1. The molecule has 20 heteroatoms. The summed E-state index contributed by atoms with van der Waals surface area (Å²) in [6.45, 7) is 7.63. The first-order valence-electron chi connectivity index (χ1n) is 16.4. The van der Waals surface area contributed by atoms with Gasteiger partial charge < -0.3 is 25.4 Å². The molecule has 0 aliphatic carbocycles. The van der Waals surface area contributed by atoms with Crippen LogP contribution in [0.15, 0.2) is 43.1 Å². The minimum Gasteiger partial charge on any atom is -0.465 e. The van der Waals surface area contributed by atoms with Crippen LogP contribution < -0.4 is 16.0 Å². The minimum atomic E-state index is -0.457. The number of carbonyl (C=O) groups excluding carboxylic acids is 2. The number of rotatable bonds is 9. The summed E-state index contributed by atoms with van der Waals surface area (Å²) in [5.41, 5.74) is 6.37. The molecule has 7 heterocycles. The average molecular weight is 754 g/mol. The first kappa shape index (κ1) is 37.0. The standard InChI is InChI=1S/C19H21N9O2.C15H15ClN6O2/c1-10-14(6-12(7-20-10)18(29)30-5)22-16-13-8-21-19(24-17(13)28(4)26-16)23-15-9-27(3)25-11(15)2;1-4-24-14(23)9-5-11(8(2)17-6-9)19-12-10-7-18-15(16)20-13(10)22(3)21-12/h6-9H,1-5H3,(H,22,26)(H,21,23,24);5-7H,4H2,1-3H3,(H,19,21). The van der Waals surface area contributed by atoms with Crippen LogP contribution in [0.4, 0.5) is 34.6 Å². The van der Waals surface area contributed by atoms with Crippen molar-refractivity contribution in [2.24, 2.45) is 21.1 Å². The summed E-state index contributed by atoms with van der Waals surface area (Å²) >= 11 is 5.83. The second kappa shape index (κ2) is 15.5. The summed E-state index contributed by atoms with van der Waals surface area (Å²) in [6.07, 6.45) is 8.11. The van der Waals surface area contributed by atoms with E-state index in [1.165, 1.54) is 19.5 Å². The van der Waals surface area contributed by atoms with Crippen LogP contribution in [0.2, 0.25) is 5.28 Å². The highest BCUT2D eigenvalue weighted by molar-refractivity contribution is 6.28. The predicted octanol–water partition coefficient (Wildman–Crippen LogP) is 5.02. The van der Waals surface area contributed by atoms with Gasteiger partial charge in [0.1, 0.15) is 0 Å². The molecule has 0 unspecified atom stereocenters. The lowest BCUT2D eigenvalue weighted by Crippen LogP contribution is -2.07. The molecule has 0 saturated heterocycles. The van der Waals surface area contributed by atoms with E-state index in [-0.39, 0.29) is 5.28 Å². The second-order valence-corrected chi connectivity index (χ2v) is 12.2. The van der Waals surface area contributed by atoms with Crippen molar-refractivity contribution in [2.45, 2.75) is 27.7 Å². The highest BCUT2D eigenvalue weighted by Crippen LogP contribution is 2.28. The van der Waals surface area contributed by atoms with Crippen molar-refractivity contribution in [1.29, 1.82) is 0 Å². The molecular formula is C34H36ClN15O4. The molecule has 0 aliphatic rings. The lowest BCUT2D eigenvalue weighted by atomic mass is 10.2. The van der Waals surface area contributed by atoms with Crippen LogP contribution in [0, 0.1) is 20.8 Å². The van der Waals surface area contributed by atoms with Crippen molar-refractivity contribution < 1.29 is 19.1 Å². The molecule has 0 saturated carbocycles. The van der Waals surface area contributed by atoms with Gasteiger partial charge in [0.15, 0.2) is 22.9 Å². The van der Waals surface area contributed by atoms with Crippen molar-refractivity contribution in [2.75, 3.05) is 29.7 Å². The summed E-state index contributed by atoms with van der Waals surface area (Å²) in [6, 6.07) is 3.36. The van der Waals surface area contributed by atoms with E-state index in [4.69, 9.17) is 21.1 Å². The summed E-state index contributed by atoms with van der Waals surface area (Å²) in [4.78, 5) is 49.3. The van der Waals surface area contributed by atoms with E-state index in [1.807, 2.05) is 34.0 Å². The van der Waals surface area contributed by atoms with E-state index in [0.29, 0.717) is 69.1 Å². The Morgan fingerprint density at radius 1 is 0.704 bits per heavy atom. The van der Waals surface area contributed by atoms with Crippen LogP contribution in [0.1, 0.15) is 44.7 Å². The number of fused-ring (bicyclic) bond motifs is 2. The molecule has 0 spiro atoms. The van der Waals surface area contributed by atoms with Gasteiger partial charge in [-0.05, 0) is 51.4 Å². The third-order valence-electron chi connectivity index (χ3n) is 8.00. The second-order valence-electron chi connectivity index (χ2n) is 11.9. The van der Waals surface area contributed by atoms with Gasteiger partial charge in [-0.3, -0.25) is 14.6 Å². The highest BCUT2D eigenvalue weighted by Gasteiger charge is 2.17. The van der Waals surface area contributed by atoms with Crippen molar-refractivity contribution >= 4 is 80.3 Å². The number of nitrogens with one attached hydrogen (secondary N) is 3. The molecular weight excluding hydrogens is 718 g/mol. The summed E-state index contributed by atoms with van der Waals surface area (Å²) < 4.78 is 14.8. The Labute approximate surface area is 313 Å². The van der Waals surface area contributed by atoms with Gasteiger partial charge in [0, 0.05) is 52.1 Å². The molecule has 0 bridgehead atoms. The lowest BCUT2D eigenvalue weighted by molar-refractivity contribution is 0.0524. The van der Waals surface area contributed by atoms with E-state index in [0.717, 1.165) is 22.5 Å². The fourth-order valence-corrected chi connectivity index (χ4v) is 5.40. The number of anilines is 6. The molecule has 0 aliphatic heterocycles. The smallest absolute Gasteiger partial charge is 0.339 e. The van der Waals surface area contributed by atoms with Crippen LogP contribution in [-0.4, -0.2) is 84.9 Å². The fourth-order valence-electron chi connectivity index (χ4n) is 5.27. The molecule has 7 aromatic rings. The minimum absolute atomic E-state index is 0.152. The van der Waals surface area contributed by atoms with E-state index in [1.54, 1.807) is 59.6 Å². The maximum atomic E-state index is 11.9. The first-order chi connectivity index (χ1) is 25.8. The first-order valence-corrected chi connectivity index (χ1v) is 16.8. The Balaban J connectivity index is 0.000000189. The summed E-state index contributed by atoms with van der Waals surface area (Å²) in [5, 5.41) is 24.3. The van der Waals surface area contributed by atoms with Gasteiger partial charge >= 0.3 is 11.9 Å². The lowest BCUT2D eigenvalue weighted by Gasteiger charge is -2.09. The Morgan fingerprint density at radius 2 is 1.26 bits per heavy atom. The summed E-state index contributed by atoms with van der Waals surface area (Å²) in [7, 11) is 6.75. The molecule has 0 aromatic carbocycles. The van der Waals surface area contributed by atoms with E-state index >= 15 is 0 Å². The number of hydrogen-bond donors (Lipinski definition) is 3. The molecule has 19 nitrogen and oxygen atoms in total. The van der Waals surface area contributed by atoms with Gasteiger partial charge in [-0.1, -0.05) is 0 Å². The fraction of sp³-hybridized carbons (Fsp3) is 0.265. The van der Waals surface area contributed by atoms with Crippen molar-refractivity contribution in [3.05, 3.63) is 76.6 Å². The third kappa shape index (κ3) is 7.84. The van der Waals surface area contributed by atoms with Crippen LogP contribution in [0.5, 0.6) is 0 Å². The van der Waals surface area contributed by atoms with Gasteiger partial charge in [-0.2, -0.15) is 25.3 Å². The quantitative estimate of drug-likeness (QED) is 0.130. The highest BCUT2D eigenvalue weighted by atomic mass is 35.5. The van der Waals surface area contributed by atoms with Gasteiger partial charge in [0.05, 0.1) is 69.8 Å². The van der Waals surface area contributed by atoms with Gasteiger partial charge in [0.25, 0.3) is 0 Å². The number of hydrogen-bond acceptors (Lipinski definition) is 16. The normalized spacial score (nSPS) is 10.9. The molecule has 3 N–H and O–H groups in total. The molecule has 0 fully saturated rings. The Morgan fingerprint density at radius 3 is 1.80 bits per heavy atom. The molecule has 0 radical (unpaired) electrons. The number of pyridine rings is 2. The molecule has 278 valence electrons. The number of esters is 2. The monoisotopic (exact) mass is 753 g/mol. The number of aromatic nitrogens is 12. The van der Waals surface area contributed by atoms with Crippen LogP contribution in [0.3, 0.4) is 0 Å². The van der Waals surface area contributed by atoms with Crippen molar-refractivity contribution in [3.8, 4) is 0 Å². The number of carbonyl (C=O) groups is 2. The molecule has 0 atom stereocenters. The maximum Gasteiger partial charge on any atom is 0.339 e. The molecule has 7 rings (SSSR count). The van der Waals surface area contributed by atoms with Gasteiger partial charge in [0.2, 0.25) is 11.2 Å². The Bertz CT molecular complexity index is 2530. The zero-order chi connectivity index (χ0) is 38.7. The number of methoxy groups -OCH3 is 1. The third-order valence-corrected chi connectivity index (χ3v) is 8.19. The molecule has 54 heavy (non-hydrogen) atoms. The zero-order valence-electron chi connectivity index (χ0n) is 30.6. The SMILES string of the molecule is CCOC(=O)c1cnc(C)c(Nc2nn(C)c3nc(Cl)ncc23)c1.COC(=O)c1cnc(C)c(Nc2nn(C)c3nc(Nc4cn(C)nc4C)ncc23)c1. The van der Waals surface area contributed by atoms with Gasteiger partial charge in [-0.25, -0.2) is 28.9 Å². The van der Waals surface area contributed by atoms with Gasteiger partial charge in [-0.15, -0.1) is 0 Å². The Kier molecular flexibility index (Phi) is 10.6. The molecule has 7 aromatic heterocycles. The van der Waals surface area contributed by atoms with Crippen molar-refractivity contribution in [3.63, 3.8) is 0 Å². The summed E-state index contributed by atoms with van der Waals surface area (Å²) in [5.74, 6) is 0.674. The zero-order valence-corrected chi connectivity index (χ0v) is 31.4. The van der Waals surface area contributed by atoms with Crippen LogP contribution in [0.25, 0.3) is 22.1 Å². The Hall–Kier alpha value is -6.76. The van der Waals surface area contributed by atoms with E-state index in [2.05, 4.69) is 61.2 Å². The van der Waals surface area contributed by atoms with Crippen molar-refractivity contribution in [1.82, 2.24) is 59.2 Å². The molecule has 0 amide bonds. The average Bonchev–Trinajstić information content (AvgIpc) is 3.75. The maximum absolute atomic E-state index is 11.9. The number of aryl methyl sites for hydroxylation is 6. The predicted molar refractivity (Wildman–Crippen MR) is 201 cm³/mol. The van der Waals surface area contributed by atoms with Crippen LogP contribution in [-0.2, 0) is 30.6 Å². The van der Waals surface area contributed by atoms with Crippen LogP contribution >= 0.6 is 11.6 Å². The number of nitrogens with zero attached hydrogens (tertiary/aromatic N) is 12. The number of ether oxygens (including phenoxy) is 2. The largest absolute Gasteiger partial charge is 0.465 e. The topological polar surface area (TPSA) is 219 Å². The van der Waals surface area contributed by atoms with E-state index in [9.17, 15) is 9.59 Å². The van der Waals surface area contributed by atoms with E-state index < -0.39 is 11.9 Å².